The lowest BCUT2D eigenvalue weighted by atomic mass is 9.82. The van der Waals surface area contributed by atoms with Crippen LogP contribution in [0.5, 0.6) is 0 Å². The van der Waals surface area contributed by atoms with Crippen molar-refractivity contribution in [1.29, 1.82) is 0 Å². The molecule has 11 nitrogen and oxygen atoms in total. The Hall–Kier alpha value is -4.73. The lowest BCUT2D eigenvalue weighted by Crippen LogP contribution is -2.55. The molecular weight excluding hydrogens is 842 g/mol. The fourth-order valence-corrected chi connectivity index (χ4v) is 13.4. The molecule has 5 atom stereocenters. The number of amides is 2. The number of carbonyl (C=O) groups excluding carboxylic acids is 2. The van der Waals surface area contributed by atoms with Gasteiger partial charge in [-0.25, -0.2) is 0 Å². The van der Waals surface area contributed by atoms with Gasteiger partial charge in [-0.15, -0.1) is 5.10 Å². The third-order valence-electron chi connectivity index (χ3n) is 13.4. The second kappa shape index (κ2) is 15.9. The van der Waals surface area contributed by atoms with E-state index in [0.717, 1.165) is 64.2 Å². The van der Waals surface area contributed by atoms with Crippen molar-refractivity contribution in [3.05, 3.63) is 136 Å². The van der Waals surface area contributed by atoms with Crippen LogP contribution in [0.4, 0.5) is 21.2 Å². The lowest BCUT2D eigenvalue weighted by molar-refractivity contribution is -0.146. The number of anilines is 3. The van der Waals surface area contributed by atoms with Crippen LogP contribution in [-0.2, 0) is 33.0 Å². The molecule has 2 amide bonds. The normalized spacial score (nSPS) is 24.2. The summed E-state index contributed by atoms with van der Waals surface area (Å²) in [5.74, 6) is -0.848. The Kier molecular flexibility index (Phi) is 10.8. The van der Waals surface area contributed by atoms with Gasteiger partial charge in [0.05, 0.1) is 43.2 Å². The minimum absolute atomic E-state index is 0.110. The number of hydrogen-bond acceptors (Lipinski definition) is 8. The summed E-state index contributed by atoms with van der Waals surface area (Å²) in [5, 5.41) is 22.4. The molecule has 1 aromatic heterocycles. The zero-order valence-corrected chi connectivity index (χ0v) is 36.8. The number of aromatic nitrogens is 3. The standard InChI is InChI=1S/C46H51BrFN7O4Si/c1-31-42(60(2,3)48)41(20-25-52-28-39(50-51-52)37(29-56)33-10-6-4-7-11-33)59-46(31)38-26-34(47)16-19-40(38)53(44(46)58)27-32-14-17-35(18-15-32)54-30-55(36-12-8-5-9-13-36)45(43(54)57)21-23-49-24-22-45/h4-19,26,28,31,37,41-42,49,56H,20-25,27,29-30H2,1-3H3/t31-,37?,41+,42-,46+/m1/s1. The van der Waals surface area contributed by atoms with E-state index < -0.39 is 37.1 Å². The number of aliphatic hydroxyl groups excluding tert-OH is 1. The Labute approximate surface area is 359 Å². The first-order chi connectivity index (χ1) is 28.9. The third kappa shape index (κ3) is 6.90. The Morgan fingerprint density at radius 2 is 1.65 bits per heavy atom. The predicted octanol–water partition coefficient (Wildman–Crippen LogP) is 7.51. The number of aryl methyl sites for hydroxylation is 1. The number of fused-ring (bicyclic) bond motifs is 2. The van der Waals surface area contributed by atoms with Crippen LogP contribution in [0.3, 0.4) is 0 Å². The second-order valence-electron chi connectivity index (χ2n) is 17.3. The molecule has 4 aliphatic heterocycles. The van der Waals surface area contributed by atoms with Crippen molar-refractivity contribution in [2.75, 3.05) is 41.1 Å². The Morgan fingerprint density at radius 1 is 0.950 bits per heavy atom. The van der Waals surface area contributed by atoms with Gasteiger partial charge >= 0.3 is 0 Å². The van der Waals surface area contributed by atoms with Gasteiger partial charge in [-0.2, -0.15) is 0 Å². The minimum Gasteiger partial charge on any atom is -0.395 e. The van der Waals surface area contributed by atoms with Gasteiger partial charge < -0.3 is 29.1 Å². The zero-order valence-electron chi connectivity index (χ0n) is 34.2. The van der Waals surface area contributed by atoms with E-state index in [0.29, 0.717) is 25.3 Å². The van der Waals surface area contributed by atoms with E-state index in [2.05, 4.69) is 48.6 Å². The molecular formula is C46H51BrFN7O4Si. The summed E-state index contributed by atoms with van der Waals surface area (Å²) in [5.41, 5.74) is 3.38. The SMILES string of the molecule is C[C@@H]1[C@@H]([Si](C)(C)F)[C@H](CCn2cc(C(CO)c3ccccc3)nn2)O[C@@]12C(=O)N(Cc1ccc(N3CN(c4ccccc4)C4(CCNCC4)C3=O)cc1)c1ccc(Br)cc12. The molecule has 9 rings (SSSR count). The van der Waals surface area contributed by atoms with Crippen molar-refractivity contribution in [3.63, 3.8) is 0 Å². The molecule has 5 aromatic rings. The molecule has 4 aromatic carbocycles. The van der Waals surface area contributed by atoms with Crippen molar-refractivity contribution in [3.8, 4) is 0 Å². The first-order valence-electron chi connectivity index (χ1n) is 20.9. The summed E-state index contributed by atoms with van der Waals surface area (Å²) in [6, 6.07) is 33.6. The third-order valence-corrected chi connectivity index (χ3v) is 16.3. The quantitative estimate of drug-likeness (QED) is 0.104. The molecule has 4 aliphatic rings. The number of nitrogens with one attached hydrogen (secondary N) is 1. The summed E-state index contributed by atoms with van der Waals surface area (Å²) in [7, 11) is -3.40. The lowest BCUT2D eigenvalue weighted by Gasteiger charge is -2.39. The van der Waals surface area contributed by atoms with Crippen LogP contribution in [0.15, 0.2) is 114 Å². The topological polar surface area (TPSA) is 116 Å². The molecule has 60 heavy (non-hydrogen) atoms. The highest BCUT2D eigenvalue weighted by Gasteiger charge is 2.66. The number of para-hydroxylation sites is 1. The zero-order chi connectivity index (χ0) is 41.8. The van der Waals surface area contributed by atoms with Crippen LogP contribution in [0.1, 0.15) is 54.5 Å². The summed E-state index contributed by atoms with van der Waals surface area (Å²) in [6.07, 6.45) is 3.18. The van der Waals surface area contributed by atoms with Crippen LogP contribution in [0.2, 0.25) is 18.6 Å². The van der Waals surface area contributed by atoms with Crippen LogP contribution in [0.25, 0.3) is 0 Å². The number of benzene rings is 4. The van der Waals surface area contributed by atoms with E-state index in [1.54, 1.807) is 22.7 Å². The van der Waals surface area contributed by atoms with Crippen LogP contribution in [-0.4, -0.2) is 78.3 Å². The molecule has 1 unspecified atom stereocenters. The number of ether oxygens (including phenoxy) is 1. The van der Waals surface area contributed by atoms with Gasteiger partial charge in [0.25, 0.3) is 11.8 Å². The summed E-state index contributed by atoms with van der Waals surface area (Å²) in [6.45, 7) is 7.99. The van der Waals surface area contributed by atoms with Gasteiger partial charge in [-0.3, -0.25) is 19.2 Å². The number of rotatable bonds is 11. The smallest absolute Gasteiger partial charge is 0.264 e. The first-order valence-corrected chi connectivity index (χ1v) is 24.7. The van der Waals surface area contributed by atoms with E-state index in [1.807, 2.05) is 109 Å². The Morgan fingerprint density at radius 3 is 2.33 bits per heavy atom. The van der Waals surface area contributed by atoms with E-state index in [1.165, 1.54) is 0 Å². The molecule has 0 radical (unpaired) electrons. The van der Waals surface area contributed by atoms with E-state index >= 15 is 8.90 Å². The minimum atomic E-state index is -3.40. The molecule has 2 N–H and O–H groups in total. The highest BCUT2D eigenvalue weighted by Crippen LogP contribution is 2.60. The maximum atomic E-state index is 16.6. The maximum absolute atomic E-state index is 16.6. The van der Waals surface area contributed by atoms with Crippen LogP contribution >= 0.6 is 15.9 Å². The maximum Gasteiger partial charge on any atom is 0.264 e. The Balaban J connectivity index is 0.963. The van der Waals surface area contributed by atoms with E-state index in [4.69, 9.17) is 4.74 Å². The first kappa shape index (κ1) is 40.7. The monoisotopic (exact) mass is 891 g/mol. The van der Waals surface area contributed by atoms with Gasteiger partial charge in [-0.05, 0) is 99.0 Å². The van der Waals surface area contributed by atoms with Crippen LogP contribution < -0.4 is 20.0 Å². The highest BCUT2D eigenvalue weighted by atomic mass is 79.9. The van der Waals surface area contributed by atoms with Gasteiger partial charge in [0, 0.05) is 45.6 Å². The number of hydrogen-bond donors (Lipinski definition) is 2. The second-order valence-corrected chi connectivity index (χ2v) is 22.0. The molecule has 2 spiro atoms. The number of piperidine rings is 1. The Bertz CT molecular complexity index is 2360. The fourth-order valence-electron chi connectivity index (χ4n) is 10.5. The van der Waals surface area contributed by atoms with Crippen molar-refractivity contribution in [2.45, 2.75) is 81.1 Å². The van der Waals surface area contributed by atoms with Gasteiger partial charge in [-0.1, -0.05) is 88.7 Å². The van der Waals surface area contributed by atoms with Crippen LogP contribution in [0, 0.1) is 5.92 Å². The molecule has 14 heteroatoms. The number of carbonyl (C=O) groups is 2. The molecule has 5 heterocycles. The molecule has 3 saturated heterocycles. The van der Waals surface area contributed by atoms with Gasteiger partial charge in [0.1, 0.15) is 5.54 Å². The average molecular weight is 893 g/mol. The number of halogens is 2. The fraction of sp³-hybridized carbons (Fsp3) is 0.391. The van der Waals surface area contributed by atoms with E-state index in [-0.39, 0.29) is 30.9 Å². The van der Waals surface area contributed by atoms with E-state index in [9.17, 15) is 9.90 Å². The summed E-state index contributed by atoms with van der Waals surface area (Å²) in [4.78, 5) is 35.3. The number of nitrogens with zero attached hydrogens (tertiary/aromatic N) is 6. The predicted molar refractivity (Wildman–Crippen MR) is 236 cm³/mol. The largest absolute Gasteiger partial charge is 0.395 e. The molecule has 0 aliphatic carbocycles. The molecule has 0 bridgehead atoms. The molecule has 0 saturated carbocycles. The van der Waals surface area contributed by atoms with Crippen molar-refractivity contribution in [1.82, 2.24) is 20.3 Å². The average Bonchev–Trinajstić information content (AvgIpc) is 3.98. The van der Waals surface area contributed by atoms with Gasteiger partial charge in [0.2, 0.25) is 8.41 Å². The molecule has 3 fully saturated rings. The van der Waals surface area contributed by atoms with Gasteiger partial charge in [0.15, 0.2) is 5.60 Å². The number of aliphatic hydroxyl groups is 1. The summed E-state index contributed by atoms with van der Waals surface area (Å²) >= 11 is 3.65. The van der Waals surface area contributed by atoms with Crippen molar-refractivity contribution in [2.24, 2.45) is 5.92 Å². The molecule has 312 valence electrons. The summed E-state index contributed by atoms with van der Waals surface area (Å²) < 4.78 is 26.1. The highest BCUT2D eigenvalue weighted by molar-refractivity contribution is 9.10. The van der Waals surface area contributed by atoms with Crippen molar-refractivity contribution < 1.29 is 23.5 Å². The van der Waals surface area contributed by atoms with Crippen molar-refractivity contribution >= 4 is 53.2 Å².